The predicted molar refractivity (Wildman–Crippen MR) is 77.1 cm³/mol. The van der Waals surface area contributed by atoms with E-state index in [1.54, 1.807) is 13.0 Å². The molecular weight excluding hydrogens is 296 g/mol. The summed E-state index contributed by atoms with van der Waals surface area (Å²) in [6, 6.07) is 7.19. The van der Waals surface area contributed by atoms with Gasteiger partial charge in [0.15, 0.2) is 0 Å². The van der Waals surface area contributed by atoms with Gasteiger partial charge in [0, 0.05) is 17.0 Å². The van der Waals surface area contributed by atoms with E-state index in [1.807, 2.05) is 18.2 Å². The maximum atomic E-state index is 12.1. The first-order valence-corrected chi connectivity index (χ1v) is 6.69. The summed E-state index contributed by atoms with van der Waals surface area (Å²) < 4.78 is 4.46. The highest BCUT2D eigenvalue weighted by molar-refractivity contribution is 6.34. The minimum absolute atomic E-state index is 0.213. The van der Waals surface area contributed by atoms with Gasteiger partial charge in [-0.3, -0.25) is 9.59 Å². The molecule has 0 saturated carbocycles. The Kier molecular flexibility index (Phi) is 4.47. The fourth-order valence-corrected chi connectivity index (χ4v) is 2.16. The van der Waals surface area contributed by atoms with Gasteiger partial charge in [-0.25, -0.2) is 0 Å². The van der Waals surface area contributed by atoms with Crippen molar-refractivity contribution in [2.45, 2.75) is 18.9 Å². The SMILES string of the molecule is COC(=O)CNC(=O)[C@@]1(C)CC(c2ccccc2Cl)=NO1. The molecule has 1 heterocycles. The number of hydrogen-bond donors (Lipinski definition) is 1. The molecule has 1 aromatic carbocycles. The Hall–Kier alpha value is -2.08. The minimum Gasteiger partial charge on any atom is -0.468 e. The van der Waals surface area contributed by atoms with Gasteiger partial charge >= 0.3 is 5.97 Å². The van der Waals surface area contributed by atoms with Crippen LogP contribution in [0.1, 0.15) is 18.9 Å². The summed E-state index contributed by atoms with van der Waals surface area (Å²) in [5.74, 6) is -0.962. The van der Waals surface area contributed by atoms with Crippen molar-refractivity contribution in [3.8, 4) is 0 Å². The van der Waals surface area contributed by atoms with Crippen LogP contribution in [0.25, 0.3) is 0 Å². The van der Waals surface area contributed by atoms with E-state index in [-0.39, 0.29) is 13.0 Å². The number of nitrogens with one attached hydrogen (secondary N) is 1. The van der Waals surface area contributed by atoms with Crippen LogP contribution >= 0.6 is 11.6 Å². The van der Waals surface area contributed by atoms with Crippen molar-refractivity contribution in [2.24, 2.45) is 5.16 Å². The molecule has 0 spiro atoms. The van der Waals surface area contributed by atoms with Crippen LogP contribution in [0.15, 0.2) is 29.4 Å². The standard InChI is InChI=1S/C14H15ClN2O4/c1-14(13(19)16-8-12(18)20-2)7-11(17-21-14)9-5-3-4-6-10(9)15/h3-6H,7-8H2,1-2H3,(H,16,19)/t14-/m1/s1. The summed E-state index contributed by atoms with van der Waals surface area (Å²) in [5, 5.41) is 6.94. The van der Waals surface area contributed by atoms with Gasteiger partial charge in [-0.1, -0.05) is 35.0 Å². The lowest BCUT2D eigenvalue weighted by molar-refractivity contribution is -0.146. The third kappa shape index (κ3) is 3.33. The molecule has 0 bridgehead atoms. The molecule has 1 aliphatic heterocycles. The van der Waals surface area contributed by atoms with Gasteiger partial charge < -0.3 is 14.9 Å². The number of oxime groups is 1. The Labute approximate surface area is 127 Å². The minimum atomic E-state index is -1.16. The molecule has 1 N–H and O–H groups in total. The number of rotatable bonds is 4. The van der Waals surface area contributed by atoms with E-state index in [1.165, 1.54) is 7.11 Å². The van der Waals surface area contributed by atoms with Crippen LogP contribution in [-0.2, 0) is 19.2 Å². The summed E-state index contributed by atoms with van der Waals surface area (Å²) in [6.07, 6.45) is 0.268. The average Bonchev–Trinajstić information content (AvgIpc) is 2.88. The van der Waals surface area contributed by atoms with Crippen molar-refractivity contribution in [1.29, 1.82) is 0 Å². The fraction of sp³-hybridized carbons (Fsp3) is 0.357. The van der Waals surface area contributed by atoms with Crippen molar-refractivity contribution in [2.75, 3.05) is 13.7 Å². The van der Waals surface area contributed by atoms with Crippen molar-refractivity contribution in [3.63, 3.8) is 0 Å². The molecule has 0 aliphatic carbocycles. The van der Waals surface area contributed by atoms with Crippen LogP contribution in [0.5, 0.6) is 0 Å². The van der Waals surface area contributed by atoms with Crippen molar-refractivity contribution in [1.82, 2.24) is 5.32 Å². The summed E-state index contributed by atoms with van der Waals surface area (Å²) in [7, 11) is 1.25. The van der Waals surface area contributed by atoms with Gasteiger partial charge in [0.2, 0.25) is 5.60 Å². The molecular formula is C14H15ClN2O4. The maximum absolute atomic E-state index is 12.1. The molecule has 0 saturated heterocycles. The second kappa shape index (κ2) is 6.13. The molecule has 2 rings (SSSR count). The number of methoxy groups -OCH3 is 1. The second-order valence-electron chi connectivity index (χ2n) is 4.78. The van der Waals surface area contributed by atoms with Gasteiger partial charge in [-0.2, -0.15) is 0 Å². The Bertz CT molecular complexity index is 602. The number of carbonyl (C=O) groups excluding carboxylic acids is 2. The third-order valence-corrected chi connectivity index (χ3v) is 3.48. The first-order chi connectivity index (χ1) is 9.96. The lowest BCUT2D eigenvalue weighted by atomic mass is 9.95. The molecule has 1 aromatic rings. The van der Waals surface area contributed by atoms with Gasteiger partial charge in [0.25, 0.3) is 5.91 Å². The van der Waals surface area contributed by atoms with Crippen molar-refractivity contribution < 1.29 is 19.2 Å². The first-order valence-electron chi connectivity index (χ1n) is 6.31. The highest BCUT2D eigenvalue weighted by Gasteiger charge is 2.42. The monoisotopic (exact) mass is 310 g/mol. The largest absolute Gasteiger partial charge is 0.468 e. The Morgan fingerprint density at radius 1 is 1.48 bits per heavy atom. The highest BCUT2D eigenvalue weighted by Crippen LogP contribution is 2.29. The lowest BCUT2D eigenvalue weighted by Crippen LogP contribution is -2.46. The van der Waals surface area contributed by atoms with Crippen molar-refractivity contribution >= 4 is 29.2 Å². The second-order valence-corrected chi connectivity index (χ2v) is 5.18. The Morgan fingerprint density at radius 3 is 2.86 bits per heavy atom. The fourth-order valence-electron chi connectivity index (χ4n) is 1.91. The van der Waals surface area contributed by atoms with Crippen LogP contribution in [-0.4, -0.2) is 36.8 Å². The summed E-state index contributed by atoms with van der Waals surface area (Å²) in [4.78, 5) is 28.4. The number of nitrogens with zero attached hydrogens (tertiary/aromatic N) is 1. The Balaban J connectivity index is 2.04. The molecule has 0 fully saturated rings. The zero-order chi connectivity index (χ0) is 15.5. The van der Waals surface area contributed by atoms with E-state index < -0.39 is 17.5 Å². The maximum Gasteiger partial charge on any atom is 0.325 e. The summed E-state index contributed by atoms with van der Waals surface area (Å²) in [6.45, 7) is 1.39. The summed E-state index contributed by atoms with van der Waals surface area (Å²) >= 11 is 6.10. The molecule has 0 radical (unpaired) electrons. The number of carbonyl (C=O) groups is 2. The van der Waals surface area contributed by atoms with Crippen LogP contribution in [0, 0.1) is 0 Å². The van der Waals surface area contributed by atoms with Gasteiger partial charge in [-0.05, 0) is 13.0 Å². The summed E-state index contributed by atoms with van der Waals surface area (Å²) in [5.41, 5.74) is 0.155. The normalized spacial score (nSPS) is 20.4. The molecule has 6 nitrogen and oxygen atoms in total. The Morgan fingerprint density at radius 2 is 2.19 bits per heavy atom. The zero-order valence-electron chi connectivity index (χ0n) is 11.7. The third-order valence-electron chi connectivity index (χ3n) is 3.15. The smallest absolute Gasteiger partial charge is 0.325 e. The average molecular weight is 311 g/mol. The van der Waals surface area contributed by atoms with Crippen LogP contribution in [0.3, 0.4) is 0 Å². The topological polar surface area (TPSA) is 77.0 Å². The highest BCUT2D eigenvalue weighted by atomic mass is 35.5. The predicted octanol–water partition coefficient (Wildman–Crippen LogP) is 1.51. The van der Waals surface area contributed by atoms with Crippen LogP contribution in [0.2, 0.25) is 5.02 Å². The van der Waals surface area contributed by atoms with Crippen LogP contribution in [0.4, 0.5) is 0 Å². The first kappa shape index (κ1) is 15.3. The number of benzene rings is 1. The molecule has 1 atom stereocenters. The van der Waals surface area contributed by atoms with Gasteiger partial charge in [0.1, 0.15) is 6.54 Å². The van der Waals surface area contributed by atoms with E-state index in [0.29, 0.717) is 10.7 Å². The number of amides is 1. The van der Waals surface area contributed by atoms with Crippen LogP contribution < -0.4 is 5.32 Å². The molecule has 0 unspecified atom stereocenters. The van der Waals surface area contributed by atoms with Crippen molar-refractivity contribution in [3.05, 3.63) is 34.9 Å². The molecule has 7 heteroatoms. The van der Waals surface area contributed by atoms with E-state index in [4.69, 9.17) is 16.4 Å². The van der Waals surface area contributed by atoms with E-state index >= 15 is 0 Å². The molecule has 112 valence electrons. The van der Waals surface area contributed by atoms with E-state index in [9.17, 15) is 9.59 Å². The molecule has 1 aliphatic rings. The molecule has 21 heavy (non-hydrogen) atoms. The van der Waals surface area contributed by atoms with Gasteiger partial charge in [0.05, 0.1) is 12.8 Å². The molecule has 1 amide bonds. The quantitative estimate of drug-likeness (QED) is 0.855. The van der Waals surface area contributed by atoms with Gasteiger partial charge in [-0.15, -0.1) is 0 Å². The number of ether oxygens (including phenoxy) is 1. The number of esters is 1. The number of halogens is 1. The molecule has 0 aromatic heterocycles. The van der Waals surface area contributed by atoms with E-state index in [2.05, 4.69) is 15.2 Å². The van der Waals surface area contributed by atoms with E-state index in [0.717, 1.165) is 5.56 Å². The number of hydrogen-bond acceptors (Lipinski definition) is 5. The lowest BCUT2D eigenvalue weighted by Gasteiger charge is -2.19. The zero-order valence-corrected chi connectivity index (χ0v) is 12.4.